The lowest BCUT2D eigenvalue weighted by molar-refractivity contribution is 0.387. The minimum atomic E-state index is -0.391. The normalized spacial score (nSPS) is 12.7. The number of hydrogen-bond acceptors (Lipinski definition) is 3. The van der Waals surface area contributed by atoms with Crippen LogP contribution in [0.4, 0.5) is 4.39 Å². The van der Waals surface area contributed by atoms with E-state index in [1.807, 2.05) is 10.6 Å². The zero-order valence-electron chi connectivity index (χ0n) is 11.7. The Bertz CT molecular complexity index is 820. The van der Waals surface area contributed by atoms with Gasteiger partial charge in [-0.1, -0.05) is 13.0 Å². The standard InChI is InChI=1S/C15H15FN2OS2/c1-3-11(14-5-4-6-21-14)18-12-8-13(19-2)9(16)7-10(12)17-15(18)20/h4-8,11H,3H2,1-2H3,(H,17,20). The van der Waals surface area contributed by atoms with Crippen molar-refractivity contribution < 1.29 is 9.13 Å². The fourth-order valence-electron chi connectivity index (χ4n) is 2.58. The Morgan fingerprint density at radius 2 is 2.29 bits per heavy atom. The van der Waals surface area contributed by atoms with E-state index in [2.05, 4.69) is 23.4 Å². The van der Waals surface area contributed by atoms with Crippen LogP contribution in [0.25, 0.3) is 11.0 Å². The van der Waals surface area contributed by atoms with E-state index in [1.165, 1.54) is 18.1 Å². The van der Waals surface area contributed by atoms with Crippen LogP contribution in [0, 0.1) is 10.6 Å². The van der Waals surface area contributed by atoms with Crippen LogP contribution in [0.2, 0.25) is 0 Å². The van der Waals surface area contributed by atoms with Crippen molar-refractivity contribution in [2.45, 2.75) is 19.4 Å². The SMILES string of the molecule is CCC(c1cccs1)n1c(=S)[nH]c2cc(F)c(OC)cc21. The topological polar surface area (TPSA) is 29.9 Å². The first-order valence-electron chi connectivity index (χ1n) is 6.66. The number of fused-ring (bicyclic) bond motifs is 1. The van der Waals surface area contributed by atoms with E-state index in [9.17, 15) is 4.39 Å². The second-order valence-corrected chi connectivity index (χ2v) is 6.11. The van der Waals surface area contributed by atoms with Crippen molar-refractivity contribution in [1.29, 1.82) is 0 Å². The average Bonchev–Trinajstić information content (AvgIpc) is 3.08. The molecule has 6 heteroatoms. The highest BCUT2D eigenvalue weighted by Crippen LogP contribution is 2.32. The number of H-pyrrole nitrogens is 1. The van der Waals surface area contributed by atoms with E-state index in [-0.39, 0.29) is 11.8 Å². The molecule has 0 saturated heterocycles. The predicted octanol–water partition coefficient (Wildman–Crippen LogP) is 4.91. The Labute approximate surface area is 131 Å². The van der Waals surface area contributed by atoms with Crippen LogP contribution in [0.3, 0.4) is 0 Å². The van der Waals surface area contributed by atoms with E-state index in [0.717, 1.165) is 11.9 Å². The number of benzene rings is 1. The molecule has 1 unspecified atom stereocenters. The molecule has 0 spiro atoms. The number of ether oxygens (including phenoxy) is 1. The molecule has 1 aromatic carbocycles. The third-order valence-electron chi connectivity index (χ3n) is 3.56. The number of imidazole rings is 1. The number of methoxy groups -OCH3 is 1. The first-order valence-corrected chi connectivity index (χ1v) is 7.95. The summed E-state index contributed by atoms with van der Waals surface area (Å²) in [6.45, 7) is 2.12. The molecule has 0 bridgehead atoms. The van der Waals surface area contributed by atoms with Gasteiger partial charge in [-0.05, 0) is 30.1 Å². The third-order valence-corrected chi connectivity index (χ3v) is 4.83. The largest absolute Gasteiger partial charge is 0.494 e. The van der Waals surface area contributed by atoms with Gasteiger partial charge in [0.15, 0.2) is 16.3 Å². The Morgan fingerprint density at radius 1 is 1.48 bits per heavy atom. The molecule has 0 radical (unpaired) electrons. The average molecular weight is 322 g/mol. The van der Waals surface area contributed by atoms with Gasteiger partial charge in [-0.15, -0.1) is 11.3 Å². The van der Waals surface area contributed by atoms with Crippen molar-refractivity contribution in [2.75, 3.05) is 7.11 Å². The van der Waals surface area contributed by atoms with Gasteiger partial charge in [-0.25, -0.2) is 4.39 Å². The van der Waals surface area contributed by atoms with Crippen molar-refractivity contribution in [3.8, 4) is 5.75 Å². The van der Waals surface area contributed by atoms with Crippen molar-refractivity contribution in [1.82, 2.24) is 9.55 Å². The fraction of sp³-hybridized carbons (Fsp3) is 0.267. The van der Waals surface area contributed by atoms with E-state index in [4.69, 9.17) is 17.0 Å². The number of rotatable bonds is 4. The van der Waals surface area contributed by atoms with Gasteiger partial charge in [0.2, 0.25) is 0 Å². The number of thiophene rings is 1. The summed E-state index contributed by atoms with van der Waals surface area (Å²) < 4.78 is 21.6. The minimum Gasteiger partial charge on any atom is -0.494 e. The smallest absolute Gasteiger partial charge is 0.178 e. The van der Waals surface area contributed by atoms with E-state index < -0.39 is 5.82 Å². The zero-order chi connectivity index (χ0) is 15.0. The number of aromatic amines is 1. The van der Waals surface area contributed by atoms with Crippen LogP contribution >= 0.6 is 23.6 Å². The highest BCUT2D eigenvalue weighted by atomic mass is 32.1. The van der Waals surface area contributed by atoms with Gasteiger partial charge in [0.25, 0.3) is 0 Å². The van der Waals surface area contributed by atoms with Gasteiger partial charge >= 0.3 is 0 Å². The van der Waals surface area contributed by atoms with Crippen LogP contribution in [-0.2, 0) is 0 Å². The summed E-state index contributed by atoms with van der Waals surface area (Å²) in [6.07, 6.45) is 0.904. The molecular formula is C15H15FN2OS2. The predicted molar refractivity (Wildman–Crippen MR) is 86.4 cm³/mol. The van der Waals surface area contributed by atoms with Gasteiger partial charge in [0.1, 0.15) is 0 Å². The maximum Gasteiger partial charge on any atom is 0.178 e. The highest BCUT2D eigenvalue weighted by Gasteiger charge is 2.18. The summed E-state index contributed by atoms with van der Waals surface area (Å²) in [6, 6.07) is 7.40. The molecule has 3 rings (SSSR count). The van der Waals surface area contributed by atoms with Gasteiger partial charge in [-0.3, -0.25) is 0 Å². The third kappa shape index (κ3) is 2.38. The molecule has 0 amide bonds. The lowest BCUT2D eigenvalue weighted by Gasteiger charge is -2.16. The summed E-state index contributed by atoms with van der Waals surface area (Å²) >= 11 is 7.14. The quantitative estimate of drug-likeness (QED) is 0.692. The Kier molecular flexibility index (Phi) is 3.82. The molecule has 0 aliphatic rings. The molecular weight excluding hydrogens is 307 g/mol. The lowest BCUT2D eigenvalue weighted by Crippen LogP contribution is -2.08. The van der Waals surface area contributed by atoms with Crippen LogP contribution in [0.1, 0.15) is 24.3 Å². The molecule has 0 saturated carbocycles. The van der Waals surface area contributed by atoms with Crippen molar-refractivity contribution in [2.24, 2.45) is 0 Å². The van der Waals surface area contributed by atoms with Crippen molar-refractivity contribution in [3.05, 3.63) is 45.1 Å². The Balaban J connectivity index is 2.26. The summed E-state index contributed by atoms with van der Waals surface area (Å²) in [5.41, 5.74) is 1.55. The molecule has 2 heterocycles. The number of halogens is 1. The summed E-state index contributed by atoms with van der Waals surface area (Å²) in [4.78, 5) is 4.32. The second-order valence-electron chi connectivity index (χ2n) is 4.74. The number of aromatic nitrogens is 2. The number of hydrogen-bond donors (Lipinski definition) is 1. The summed E-state index contributed by atoms with van der Waals surface area (Å²) in [5.74, 6) is -0.163. The van der Waals surface area contributed by atoms with Crippen molar-refractivity contribution >= 4 is 34.6 Å². The zero-order valence-corrected chi connectivity index (χ0v) is 13.4. The Morgan fingerprint density at radius 3 is 2.90 bits per heavy atom. The number of nitrogens with zero attached hydrogens (tertiary/aromatic N) is 1. The van der Waals surface area contributed by atoms with Gasteiger partial charge in [0, 0.05) is 17.0 Å². The molecule has 0 aliphatic carbocycles. The van der Waals surface area contributed by atoms with E-state index >= 15 is 0 Å². The van der Waals surface area contributed by atoms with Crippen LogP contribution in [-0.4, -0.2) is 16.7 Å². The monoisotopic (exact) mass is 322 g/mol. The van der Waals surface area contributed by atoms with Crippen molar-refractivity contribution in [3.63, 3.8) is 0 Å². The first kappa shape index (κ1) is 14.3. The molecule has 21 heavy (non-hydrogen) atoms. The van der Waals surface area contributed by atoms with Gasteiger partial charge < -0.3 is 14.3 Å². The molecule has 0 aliphatic heterocycles. The molecule has 1 N–H and O–H groups in total. The lowest BCUT2D eigenvalue weighted by atomic mass is 10.1. The maximum absolute atomic E-state index is 13.8. The molecule has 3 nitrogen and oxygen atoms in total. The van der Waals surface area contributed by atoms with E-state index in [1.54, 1.807) is 17.4 Å². The molecule has 3 aromatic rings. The first-order chi connectivity index (χ1) is 10.2. The van der Waals surface area contributed by atoms with Crippen LogP contribution in [0.15, 0.2) is 29.6 Å². The highest BCUT2D eigenvalue weighted by molar-refractivity contribution is 7.71. The Hall–Kier alpha value is -1.66. The minimum absolute atomic E-state index is 0.140. The molecule has 1 atom stereocenters. The summed E-state index contributed by atoms with van der Waals surface area (Å²) in [5, 5.41) is 2.05. The van der Waals surface area contributed by atoms with E-state index in [0.29, 0.717) is 10.3 Å². The van der Waals surface area contributed by atoms with Crippen LogP contribution in [0.5, 0.6) is 5.75 Å². The van der Waals surface area contributed by atoms with Gasteiger partial charge in [0.05, 0.1) is 24.2 Å². The van der Waals surface area contributed by atoms with Crippen LogP contribution < -0.4 is 4.74 Å². The van der Waals surface area contributed by atoms with Gasteiger partial charge in [-0.2, -0.15) is 0 Å². The molecule has 2 aromatic heterocycles. The fourth-order valence-corrected chi connectivity index (χ4v) is 3.82. The maximum atomic E-state index is 13.8. The number of nitrogens with one attached hydrogen (secondary N) is 1. The summed E-state index contributed by atoms with van der Waals surface area (Å²) in [7, 11) is 1.46. The second kappa shape index (κ2) is 5.61. The molecule has 0 fully saturated rings. The molecule has 110 valence electrons.